The van der Waals surface area contributed by atoms with Gasteiger partial charge >= 0.3 is 17.3 Å². The fourth-order valence-corrected chi connectivity index (χ4v) is 4.80. The van der Waals surface area contributed by atoms with Crippen LogP contribution in [0.3, 0.4) is 0 Å². The Morgan fingerprint density at radius 1 is 0.886 bits per heavy atom. The lowest BCUT2D eigenvalue weighted by atomic mass is 9.98. The molecule has 0 saturated carbocycles. The summed E-state index contributed by atoms with van der Waals surface area (Å²) in [5, 5.41) is 92.7. The van der Waals surface area contributed by atoms with Gasteiger partial charge in [-0.1, -0.05) is 0 Å². The average Bonchev–Trinajstić information content (AvgIpc) is 2.97. The quantitative estimate of drug-likeness (QED) is 0.0906. The lowest BCUT2D eigenvalue weighted by Gasteiger charge is -2.44. The minimum absolute atomic E-state index is 0.0238. The number of hydrogen-bond donors (Lipinski definition) is 9. The number of benzene rings is 2. The number of fused-ring (bicyclic) bond motifs is 1. The zero-order valence-corrected chi connectivity index (χ0v) is 23.0. The third-order valence-corrected chi connectivity index (χ3v) is 7.14. The Bertz CT molecular complexity index is 1510. The van der Waals surface area contributed by atoms with Crippen LogP contribution in [0.5, 0.6) is 28.7 Å². The number of ether oxygens (including phenoxy) is 5. The maximum atomic E-state index is 11.4. The second kappa shape index (κ2) is 12.5. The molecular formula is C28H31O16+. The molecule has 0 spiro atoms. The lowest BCUT2D eigenvalue weighted by Crippen LogP contribution is -2.64. The third kappa shape index (κ3) is 6.28. The van der Waals surface area contributed by atoms with Crippen molar-refractivity contribution >= 4 is 16.9 Å². The number of carbonyl (C=O) groups excluding carboxylic acids is 1. The maximum Gasteiger partial charge on any atom is 0.402 e. The van der Waals surface area contributed by atoms with E-state index in [9.17, 15) is 50.8 Å². The Morgan fingerprint density at radius 3 is 2.34 bits per heavy atom. The number of phenolic OH excluding ortho intramolecular Hbond substituents is 4. The van der Waals surface area contributed by atoms with Gasteiger partial charge in [0, 0.05) is 25.1 Å². The molecule has 238 valence electrons. The van der Waals surface area contributed by atoms with Gasteiger partial charge in [0.1, 0.15) is 60.1 Å². The number of rotatable bonds is 7. The van der Waals surface area contributed by atoms with E-state index in [1.165, 1.54) is 18.2 Å². The minimum atomic E-state index is -1.84. The topological polar surface area (TPSA) is 257 Å². The molecule has 2 fully saturated rings. The molecule has 3 heterocycles. The molecule has 0 unspecified atom stereocenters. The van der Waals surface area contributed by atoms with Crippen molar-refractivity contribution in [1.82, 2.24) is 0 Å². The molecule has 9 N–H and O–H groups in total. The van der Waals surface area contributed by atoms with Crippen molar-refractivity contribution in [3.05, 3.63) is 36.4 Å². The Labute approximate surface area is 248 Å². The van der Waals surface area contributed by atoms with Crippen molar-refractivity contribution in [2.45, 2.75) is 62.2 Å². The van der Waals surface area contributed by atoms with Crippen LogP contribution >= 0.6 is 0 Å². The number of carbonyl (C=O) groups is 1. The molecule has 16 nitrogen and oxygen atoms in total. The fraction of sp³-hybridized carbons (Fsp3) is 0.429. The van der Waals surface area contributed by atoms with Gasteiger partial charge in [0.25, 0.3) is 0 Å². The number of aliphatic hydroxyl groups is 5. The van der Waals surface area contributed by atoms with Crippen LogP contribution in [-0.4, -0.2) is 120 Å². The largest absolute Gasteiger partial charge is 0.507 e. The summed E-state index contributed by atoms with van der Waals surface area (Å²) in [5.74, 6) is -2.77. The zero-order chi connectivity index (χ0) is 31.9. The van der Waals surface area contributed by atoms with Crippen LogP contribution in [0.2, 0.25) is 0 Å². The first-order valence-corrected chi connectivity index (χ1v) is 13.3. The Morgan fingerprint density at radius 2 is 1.64 bits per heavy atom. The van der Waals surface area contributed by atoms with E-state index in [0.29, 0.717) is 0 Å². The normalized spacial score (nSPS) is 30.6. The predicted molar refractivity (Wildman–Crippen MR) is 143 cm³/mol. The molecule has 9 atom stereocenters. The van der Waals surface area contributed by atoms with E-state index < -0.39 is 91.7 Å². The van der Waals surface area contributed by atoms with Crippen LogP contribution in [0, 0.1) is 0 Å². The molecular weight excluding hydrogens is 592 g/mol. The molecule has 2 saturated heterocycles. The van der Waals surface area contributed by atoms with Crippen molar-refractivity contribution in [2.24, 2.45) is 0 Å². The van der Waals surface area contributed by atoms with Crippen molar-refractivity contribution in [3.63, 3.8) is 0 Å². The summed E-state index contributed by atoms with van der Waals surface area (Å²) >= 11 is 0. The Hall–Kier alpha value is -4.00. The van der Waals surface area contributed by atoms with E-state index in [2.05, 4.69) is 0 Å². The van der Waals surface area contributed by atoms with Crippen molar-refractivity contribution in [1.29, 1.82) is 0 Å². The number of phenols is 4. The van der Waals surface area contributed by atoms with E-state index >= 15 is 0 Å². The molecule has 2 aliphatic heterocycles. The summed E-state index contributed by atoms with van der Waals surface area (Å²) < 4.78 is 33.8. The molecule has 5 rings (SSSR count). The summed E-state index contributed by atoms with van der Waals surface area (Å²) in [6.07, 6.45) is -14.8. The number of aliphatic hydroxyl groups excluding tert-OH is 5. The first-order valence-electron chi connectivity index (χ1n) is 13.3. The molecule has 16 heteroatoms. The van der Waals surface area contributed by atoms with Crippen LogP contribution < -0.4 is 4.74 Å². The van der Waals surface area contributed by atoms with Crippen LogP contribution in [-0.2, 0) is 23.7 Å². The highest BCUT2D eigenvalue weighted by Gasteiger charge is 2.51. The second-order valence-electron chi connectivity index (χ2n) is 10.3. The molecule has 0 radical (unpaired) electrons. The van der Waals surface area contributed by atoms with E-state index in [1.807, 2.05) is 0 Å². The van der Waals surface area contributed by atoms with Gasteiger partial charge in [0.2, 0.25) is 12.0 Å². The summed E-state index contributed by atoms with van der Waals surface area (Å²) in [5.41, 5.74) is 0.109. The highest BCUT2D eigenvalue weighted by molar-refractivity contribution is 5.88. The molecule has 2 aliphatic rings. The van der Waals surface area contributed by atoms with Gasteiger partial charge in [0.15, 0.2) is 23.9 Å². The predicted octanol–water partition coefficient (Wildman–Crippen LogP) is -0.584. The van der Waals surface area contributed by atoms with Crippen LogP contribution in [0.4, 0.5) is 0 Å². The highest BCUT2D eigenvalue weighted by atomic mass is 16.8. The monoisotopic (exact) mass is 623 g/mol. The molecule has 0 bridgehead atoms. The van der Waals surface area contributed by atoms with Crippen LogP contribution in [0.25, 0.3) is 22.3 Å². The minimum Gasteiger partial charge on any atom is -0.507 e. The number of hydrogen-bond acceptors (Lipinski definition) is 15. The first-order chi connectivity index (χ1) is 20.8. The average molecular weight is 624 g/mol. The SMILES string of the molecule is CC(=O)OC[C@H]1O[C@@H](Oc2cc3c(O)cc(O)cc3[o+]c2-c2ccc(O)c(O)c2)[C@H](O[C@@H]2OC[C@@H](O)[C@H](O)[C@H]2O)[C@@H](O)[C@H]1O. The zero-order valence-electron chi connectivity index (χ0n) is 23.0. The standard InChI is InChI=1S/C28H30O16/c1-10(29)39-9-20-22(36)23(37)26(44-27-24(38)21(35)17(34)8-40-27)28(43-20)42-19-7-13-15(32)5-12(30)6-18(13)41-25(19)11-2-3-14(31)16(33)4-11/h2-7,17,20-24,26-28,34-38H,8-9H2,1H3,(H3-,30,31,32,33)/p+1/t17-,20-,21+,22+,23+,24-,26-,27+,28-/m1/s1. The van der Waals surface area contributed by atoms with Crippen molar-refractivity contribution in [3.8, 4) is 40.1 Å². The van der Waals surface area contributed by atoms with Gasteiger partial charge in [-0.2, -0.15) is 0 Å². The molecule has 2 aromatic carbocycles. The van der Waals surface area contributed by atoms with E-state index in [1.54, 1.807) is 0 Å². The first kappa shape index (κ1) is 31.4. The summed E-state index contributed by atoms with van der Waals surface area (Å²) in [4.78, 5) is 11.4. The smallest absolute Gasteiger partial charge is 0.402 e. The third-order valence-electron chi connectivity index (χ3n) is 7.14. The van der Waals surface area contributed by atoms with Gasteiger partial charge in [-0.05, 0) is 12.1 Å². The van der Waals surface area contributed by atoms with Crippen molar-refractivity contribution in [2.75, 3.05) is 13.2 Å². The summed E-state index contributed by atoms with van der Waals surface area (Å²) in [7, 11) is 0. The van der Waals surface area contributed by atoms with E-state index in [4.69, 9.17) is 28.1 Å². The number of aromatic hydroxyl groups is 4. The van der Waals surface area contributed by atoms with Gasteiger partial charge in [-0.15, -0.1) is 0 Å². The second-order valence-corrected chi connectivity index (χ2v) is 10.3. The molecule has 3 aromatic rings. The van der Waals surface area contributed by atoms with Crippen molar-refractivity contribution < 1.29 is 78.9 Å². The van der Waals surface area contributed by atoms with Gasteiger partial charge in [-0.25, -0.2) is 4.42 Å². The number of esters is 1. The summed E-state index contributed by atoms with van der Waals surface area (Å²) in [6.45, 7) is 0.154. The van der Waals surface area contributed by atoms with Crippen LogP contribution in [0.1, 0.15) is 6.92 Å². The van der Waals surface area contributed by atoms with Crippen LogP contribution in [0.15, 0.2) is 40.8 Å². The van der Waals surface area contributed by atoms with E-state index in [0.717, 1.165) is 25.1 Å². The molecule has 44 heavy (non-hydrogen) atoms. The van der Waals surface area contributed by atoms with Gasteiger partial charge in [-0.3, -0.25) is 4.79 Å². The highest BCUT2D eigenvalue weighted by Crippen LogP contribution is 2.42. The Balaban J connectivity index is 1.57. The Kier molecular flexibility index (Phi) is 8.96. The summed E-state index contributed by atoms with van der Waals surface area (Å²) in [6, 6.07) is 7.15. The fourth-order valence-electron chi connectivity index (χ4n) is 4.80. The maximum absolute atomic E-state index is 11.4. The molecule has 0 amide bonds. The van der Waals surface area contributed by atoms with Gasteiger partial charge < -0.3 is 69.6 Å². The molecule has 1 aromatic heterocycles. The molecule has 0 aliphatic carbocycles. The van der Waals surface area contributed by atoms with E-state index in [-0.39, 0.29) is 33.8 Å². The lowest BCUT2D eigenvalue weighted by molar-refractivity contribution is -0.345. The van der Waals surface area contributed by atoms with Gasteiger partial charge in [0.05, 0.1) is 18.2 Å².